The first-order valence-corrected chi connectivity index (χ1v) is 6.18. The van der Waals surface area contributed by atoms with E-state index < -0.39 is 0 Å². The average molecular weight is 210 g/mol. The van der Waals surface area contributed by atoms with Gasteiger partial charge in [0.1, 0.15) is 0 Å². The van der Waals surface area contributed by atoms with Crippen molar-refractivity contribution in [2.75, 3.05) is 7.05 Å². The molecule has 0 aromatic rings. The van der Waals surface area contributed by atoms with Crippen molar-refractivity contribution in [3.8, 4) is 0 Å². The molecule has 2 fully saturated rings. The third-order valence-electron chi connectivity index (χ3n) is 3.93. The van der Waals surface area contributed by atoms with Gasteiger partial charge in [-0.2, -0.15) is 0 Å². The number of nitrogens with one attached hydrogen (secondary N) is 2. The summed E-state index contributed by atoms with van der Waals surface area (Å²) in [5.74, 6) is 1.25. The molecule has 0 aliphatic heterocycles. The van der Waals surface area contributed by atoms with E-state index >= 15 is 0 Å². The average Bonchev–Trinajstić information content (AvgIpc) is 2.97. The molecule has 1 amide bonds. The van der Waals surface area contributed by atoms with Crippen LogP contribution in [-0.2, 0) is 4.79 Å². The summed E-state index contributed by atoms with van der Waals surface area (Å²) in [5.41, 5.74) is 0. The Balaban J connectivity index is 1.70. The van der Waals surface area contributed by atoms with Crippen LogP contribution in [0.4, 0.5) is 0 Å². The molecule has 0 bridgehead atoms. The summed E-state index contributed by atoms with van der Waals surface area (Å²) in [7, 11) is 2.02. The highest BCUT2D eigenvalue weighted by molar-refractivity contribution is 5.81. The first kappa shape index (κ1) is 10.9. The Labute approximate surface area is 92.0 Å². The van der Waals surface area contributed by atoms with Gasteiger partial charge in [-0.1, -0.05) is 6.92 Å². The summed E-state index contributed by atoms with van der Waals surface area (Å²) < 4.78 is 0. The second-order valence-electron chi connectivity index (χ2n) is 5.17. The summed E-state index contributed by atoms with van der Waals surface area (Å²) in [6.45, 7) is 2.15. The maximum atomic E-state index is 11.7. The summed E-state index contributed by atoms with van der Waals surface area (Å²) >= 11 is 0. The van der Waals surface area contributed by atoms with Crippen molar-refractivity contribution < 1.29 is 4.79 Å². The van der Waals surface area contributed by atoms with Crippen LogP contribution in [0.3, 0.4) is 0 Å². The molecular weight excluding hydrogens is 188 g/mol. The van der Waals surface area contributed by atoms with Gasteiger partial charge in [0.15, 0.2) is 0 Å². The molecular formula is C12H22N2O. The van der Waals surface area contributed by atoms with E-state index in [1.54, 1.807) is 0 Å². The maximum absolute atomic E-state index is 11.7. The third-order valence-corrected chi connectivity index (χ3v) is 3.93. The van der Waals surface area contributed by atoms with Crippen molar-refractivity contribution in [1.29, 1.82) is 0 Å². The zero-order valence-corrected chi connectivity index (χ0v) is 9.75. The van der Waals surface area contributed by atoms with Gasteiger partial charge in [-0.05, 0) is 45.1 Å². The lowest BCUT2D eigenvalue weighted by molar-refractivity contribution is -0.123. The molecule has 2 atom stereocenters. The van der Waals surface area contributed by atoms with Crippen LogP contribution in [0.2, 0.25) is 0 Å². The molecule has 2 aliphatic rings. The summed E-state index contributed by atoms with van der Waals surface area (Å²) in [6.07, 6.45) is 5.76. The lowest BCUT2D eigenvalue weighted by atomic mass is 9.91. The lowest BCUT2D eigenvalue weighted by Gasteiger charge is -2.28. The minimum Gasteiger partial charge on any atom is -0.353 e. The van der Waals surface area contributed by atoms with Gasteiger partial charge in [0.25, 0.3) is 0 Å². The summed E-state index contributed by atoms with van der Waals surface area (Å²) in [6, 6.07) is 1.10. The molecule has 0 radical (unpaired) electrons. The molecule has 2 aliphatic carbocycles. The van der Waals surface area contributed by atoms with E-state index in [-0.39, 0.29) is 0 Å². The topological polar surface area (TPSA) is 41.1 Å². The largest absolute Gasteiger partial charge is 0.353 e. The van der Waals surface area contributed by atoms with Crippen molar-refractivity contribution in [2.24, 2.45) is 11.8 Å². The van der Waals surface area contributed by atoms with Crippen LogP contribution in [0.1, 0.15) is 39.0 Å². The van der Waals surface area contributed by atoms with E-state index in [0.717, 1.165) is 19.3 Å². The molecule has 0 aromatic heterocycles. The third kappa shape index (κ3) is 2.71. The van der Waals surface area contributed by atoms with Crippen LogP contribution in [0.15, 0.2) is 0 Å². The smallest absolute Gasteiger partial charge is 0.223 e. The highest BCUT2D eigenvalue weighted by atomic mass is 16.2. The second kappa shape index (κ2) is 4.52. The van der Waals surface area contributed by atoms with Crippen molar-refractivity contribution in [1.82, 2.24) is 10.6 Å². The number of rotatable bonds is 3. The van der Waals surface area contributed by atoms with E-state index in [4.69, 9.17) is 0 Å². The predicted octanol–water partition coefficient (Wildman–Crippen LogP) is 1.29. The molecule has 2 rings (SSSR count). The molecule has 86 valence electrons. The monoisotopic (exact) mass is 210 g/mol. The van der Waals surface area contributed by atoms with Crippen molar-refractivity contribution in [2.45, 2.75) is 51.1 Å². The van der Waals surface area contributed by atoms with Gasteiger partial charge in [-0.3, -0.25) is 4.79 Å². The van der Waals surface area contributed by atoms with Crippen molar-refractivity contribution in [3.63, 3.8) is 0 Å². The number of hydrogen-bond acceptors (Lipinski definition) is 2. The van der Waals surface area contributed by atoms with Crippen LogP contribution < -0.4 is 10.6 Å². The minimum atomic E-state index is 0.301. The normalized spacial score (nSPS) is 39.9. The van der Waals surface area contributed by atoms with E-state index in [9.17, 15) is 4.79 Å². The molecule has 3 heteroatoms. The fourth-order valence-corrected chi connectivity index (χ4v) is 2.52. The van der Waals surface area contributed by atoms with Gasteiger partial charge in [0.2, 0.25) is 5.91 Å². The fraction of sp³-hybridized carbons (Fsp3) is 0.917. The van der Waals surface area contributed by atoms with E-state index in [1.165, 1.54) is 12.8 Å². The molecule has 0 saturated heterocycles. The molecule has 2 unspecified atom stereocenters. The van der Waals surface area contributed by atoms with E-state index in [0.29, 0.717) is 29.8 Å². The summed E-state index contributed by atoms with van der Waals surface area (Å²) in [4.78, 5) is 11.7. The zero-order valence-electron chi connectivity index (χ0n) is 9.75. The number of carbonyl (C=O) groups excluding carboxylic acids is 1. The molecule has 2 saturated carbocycles. The van der Waals surface area contributed by atoms with Crippen LogP contribution in [-0.4, -0.2) is 25.0 Å². The molecule has 0 heterocycles. The molecule has 3 nitrogen and oxygen atoms in total. The standard InChI is InChI=1S/C12H22N2O/c1-8-7-11(8)12(15)14-10-5-3-9(13-2)4-6-10/h8-11,13H,3-7H2,1-2H3,(H,14,15). The highest BCUT2D eigenvalue weighted by Crippen LogP contribution is 2.38. The fourth-order valence-electron chi connectivity index (χ4n) is 2.52. The van der Waals surface area contributed by atoms with E-state index in [2.05, 4.69) is 17.6 Å². The van der Waals surface area contributed by atoms with Gasteiger partial charge < -0.3 is 10.6 Å². The Morgan fingerprint density at radius 2 is 1.67 bits per heavy atom. The van der Waals surface area contributed by atoms with Crippen LogP contribution in [0, 0.1) is 11.8 Å². The SMILES string of the molecule is CNC1CCC(NC(=O)C2CC2C)CC1. The molecule has 0 aromatic carbocycles. The van der Waals surface area contributed by atoms with Crippen LogP contribution >= 0.6 is 0 Å². The first-order chi connectivity index (χ1) is 7.20. The quantitative estimate of drug-likeness (QED) is 0.737. The van der Waals surface area contributed by atoms with Crippen LogP contribution in [0.25, 0.3) is 0 Å². The zero-order chi connectivity index (χ0) is 10.8. The maximum Gasteiger partial charge on any atom is 0.223 e. The Kier molecular flexibility index (Phi) is 3.29. The Hall–Kier alpha value is -0.570. The Morgan fingerprint density at radius 1 is 1.13 bits per heavy atom. The lowest BCUT2D eigenvalue weighted by Crippen LogP contribution is -2.42. The first-order valence-electron chi connectivity index (χ1n) is 6.18. The second-order valence-corrected chi connectivity index (χ2v) is 5.17. The molecule has 2 N–H and O–H groups in total. The van der Waals surface area contributed by atoms with Gasteiger partial charge in [0.05, 0.1) is 0 Å². The summed E-state index contributed by atoms with van der Waals surface area (Å²) in [5, 5.41) is 6.50. The van der Waals surface area contributed by atoms with Crippen LogP contribution in [0.5, 0.6) is 0 Å². The van der Waals surface area contributed by atoms with E-state index in [1.807, 2.05) is 7.05 Å². The minimum absolute atomic E-state index is 0.301. The molecule has 0 spiro atoms. The van der Waals surface area contributed by atoms with Crippen molar-refractivity contribution >= 4 is 5.91 Å². The van der Waals surface area contributed by atoms with Gasteiger partial charge in [-0.25, -0.2) is 0 Å². The highest BCUT2D eigenvalue weighted by Gasteiger charge is 2.39. The predicted molar refractivity (Wildman–Crippen MR) is 60.5 cm³/mol. The number of hydrogen-bond donors (Lipinski definition) is 2. The Bertz CT molecular complexity index is 234. The molecule has 15 heavy (non-hydrogen) atoms. The Morgan fingerprint density at radius 3 is 2.13 bits per heavy atom. The van der Waals surface area contributed by atoms with Gasteiger partial charge in [-0.15, -0.1) is 0 Å². The number of carbonyl (C=O) groups is 1. The van der Waals surface area contributed by atoms with Crippen molar-refractivity contribution in [3.05, 3.63) is 0 Å². The van der Waals surface area contributed by atoms with Gasteiger partial charge >= 0.3 is 0 Å². The van der Waals surface area contributed by atoms with Gasteiger partial charge in [0, 0.05) is 18.0 Å². The number of amides is 1.